The second-order valence-electron chi connectivity index (χ2n) is 13.7. The van der Waals surface area contributed by atoms with E-state index >= 15 is 0 Å². The molecule has 0 aliphatic heterocycles. The van der Waals surface area contributed by atoms with Crippen LogP contribution in [0.4, 0.5) is 0 Å². The number of hydrogen-bond acceptors (Lipinski definition) is 5. The average Bonchev–Trinajstić information content (AvgIpc) is 3.13. The first-order valence-electron chi connectivity index (χ1n) is 21.0. The van der Waals surface area contributed by atoms with Crippen LogP contribution in [0.1, 0.15) is 187 Å². The summed E-state index contributed by atoms with van der Waals surface area (Å²) in [7, 11) is 0. The summed E-state index contributed by atoms with van der Waals surface area (Å²) in [5.41, 5.74) is 0. The Morgan fingerprint density at radius 1 is 0.471 bits per heavy atom. The predicted molar refractivity (Wildman–Crippen MR) is 219 cm³/mol. The molecule has 0 saturated carbocycles. The quantitative estimate of drug-likeness (QED) is 0.0395. The molecule has 292 valence electrons. The van der Waals surface area contributed by atoms with Crippen molar-refractivity contribution in [3.63, 3.8) is 0 Å². The number of aliphatic hydroxyl groups excluding tert-OH is 1. The lowest BCUT2D eigenvalue weighted by molar-refractivity contribution is -0.161. The SMILES string of the molecule is CC/C=C\C/C=C\C/C=C\C/C=C\C/C=C\C/C=C\CCCCCCCCCCCCC(=O)OC(CO)COC(=O)CCCCCCCCCC. The van der Waals surface area contributed by atoms with E-state index in [4.69, 9.17) is 9.47 Å². The Labute approximate surface area is 314 Å². The van der Waals surface area contributed by atoms with Crippen molar-refractivity contribution in [1.29, 1.82) is 0 Å². The molecule has 0 aliphatic rings. The summed E-state index contributed by atoms with van der Waals surface area (Å²) in [6, 6.07) is 0. The zero-order valence-electron chi connectivity index (χ0n) is 33.1. The molecule has 1 atom stereocenters. The minimum Gasteiger partial charge on any atom is -0.462 e. The second-order valence-corrected chi connectivity index (χ2v) is 13.7. The first kappa shape index (κ1) is 48.3. The molecule has 5 heteroatoms. The third kappa shape index (κ3) is 40.0. The van der Waals surface area contributed by atoms with Gasteiger partial charge in [-0.25, -0.2) is 0 Å². The van der Waals surface area contributed by atoms with Gasteiger partial charge in [-0.1, -0.05) is 183 Å². The molecule has 0 aromatic carbocycles. The molecule has 0 radical (unpaired) electrons. The lowest BCUT2D eigenvalue weighted by atomic mass is 10.0. The van der Waals surface area contributed by atoms with Gasteiger partial charge in [0, 0.05) is 12.8 Å². The summed E-state index contributed by atoms with van der Waals surface area (Å²) in [6.07, 6.45) is 55.6. The van der Waals surface area contributed by atoms with Crippen molar-refractivity contribution >= 4 is 11.9 Å². The molecular weight excluding hydrogens is 633 g/mol. The van der Waals surface area contributed by atoms with E-state index in [-0.39, 0.29) is 25.2 Å². The summed E-state index contributed by atoms with van der Waals surface area (Å²) in [5.74, 6) is -0.603. The number of unbranched alkanes of at least 4 members (excludes halogenated alkanes) is 17. The highest BCUT2D eigenvalue weighted by atomic mass is 16.6. The van der Waals surface area contributed by atoms with E-state index < -0.39 is 6.10 Å². The summed E-state index contributed by atoms with van der Waals surface area (Å²) in [5, 5.41) is 9.53. The van der Waals surface area contributed by atoms with Gasteiger partial charge in [-0.05, 0) is 64.2 Å². The lowest BCUT2D eigenvalue weighted by Gasteiger charge is -2.15. The smallest absolute Gasteiger partial charge is 0.306 e. The van der Waals surface area contributed by atoms with Crippen molar-refractivity contribution in [1.82, 2.24) is 0 Å². The summed E-state index contributed by atoms with van der Waals surface area (Å²) < 4.78 is 10.6. The van der Waals surface area contributed by atoms with Crippen molar-refractivity contribution < 1.29 is 24.2 Å². The molecule has 0 saturated heterocycles. The molecule has 0 bridgehead atoms. The number of carbonyl (C=O) groups is 2. The molecule has 0 heterocycles. The molecule has 1 unspecified atom stereocenters. The number of hydrogen-bond donors (Lipinski definition) is 1. The van der Waals surface area contributed by atoms with Crippen LogP contribution in [0, 0.1) is 0 Å². The van der Waals surface area contributed by atoms with Gasteiger partial charge in [-0.15, -0.1) is 0 Å². The van der Waals surface area contributed by atoms with Gasteiger partial charge in [-0.2, -0.15) is 0 Å². The number of carbonyl (C=O) groups excluding carboxylic acids is 2. The van der Waals surface area contributed by atoms with E-state index in [9.17, 15) is 14.7 Å². The van der Waals surface area contributed by atoms with Crippen molar-refractivity contribution in [2.75, 3.05) is 13.2 Å². The highest BCUT2D eigenvalue weighted by Gasteiger charge is 2.16. The monoisotopic (exact) mass is 711 g/mol. The van der Waals surface area contributed by atoms with Crippen LogP contribution in [-0.2, 0) is 19.1 Å². The molecular formula is C46H78O5. The van der Waals surface area contributed by atoms with Crippen LogP contribution in [0.25, 0.3) is 0 Å². The van der Waals surface area contributed by atoms with Crippen LogP contribution < -0.4 is 0 Å². The second kappa shape index (κ2) is 41.8. The molecule has 0 fully saturated rings. The van der Waals surface area contributed by atoms with E-state index in [2.05, 4.69) is 86.8 Å². The molecule has 0 aromatic rings. The van der Waals surface area contributed by atoms with Crippen LogP contribution >= 0.6 is 0 Å². The van der Waals surface area contributed by atoms with E-state index in [1.807, 2.05) is 0 Å². The number of aliphatic hydroxyl groups is 1. The Balaban J connectivity index is 3.54. The predicted octanol–water partition coefficient (Wildman–Crippen LogP) is 13.3. The fourth-order valence-corrected chi connectivity index (χ4v) is 5.62. The Morgan fingerprint density at radius 2 is 0.843 bits per heavy atom. The third-order valence-electron chi connectivity index (χ3n) is 8.76. The lowest BCUT2D eigenvalue weighted by Crippen LogP contribution is -2.28. The highest BCUT2D eigenvalue weighted by Crippen LogP contribution is 2.13. The van der Waals surface area contributed by atoms with E-state index in [1.54, 1.807) is 0 Å². The maximum atomic E-state index is 12.2. The maximum absolute atomic E-state index is 12.2. The molecule has 1 N–H and O–H groups in total. The molecule has 0 rings (SSSR count). The van der Waals surface area contributed by atoms with Crippen LogP contribution in [0.2, 0.25) is 0 Å². The first-order chi connectivity index (χ1) is 25.1. The third-order valence-corrected chi connectivity index (χ3v) is 8.76. The van der Waals surface area contributed by atoms with Gasteiger partial charge in [0.05, 0.1) is 6.61 Å². The number of rotatable bonds is 37. The highest BCUT2D eigenvalue weighted by molar-refractivity contribution is 5.70. The summed E-state index contributed by atoms with van der Waals surface area (Å²) in [6.45, 7) is 3.98. The molecule has 0 aromatic heterocycles. The molecule has 0 amide bonds. The normalized spacial score (nSPS) is 12.9. The van der Waals surface area contributed by atoms with Gasteiger partial charge < -0.3 is 14.6 Å². The first-order valence-corrected chi connectivity index (χ1v) is 21.0. The largest absolute Gasteiger partial charge is 0.462 e. The van der Waals surface area contributed by atoms with Gasteiger partial charge in [0.25, 0.3) is 0 Å². The van der Waals surface area contributed by atoms with Crippen molar-refractivity contribution in [2.24, 2.45) is 0 Å². The van der Waals surface area contributed by atoms with Crippen LogP contribution in [0.5, 0.6) is 0 Å². The maximum Gasteiger partial charge on any atom is 0.306 e. The minimum atomic E-state index is -0.773. The number of allylic oxidation sites excluding steroid dienone is 12. The Hall–Kier alpha value is -2.66. The van der Waals surface area contributed by atoms with Crippen molar-refractivity contribution in [3.8, 4) is 0 Å². The summed E-state index contributed by atoms with van der Waals surface area (Å²) in [4.78, 5) is 24.1. The van der Waals surface area contributed by atoms with E-state index in [1.165, 1.54) is 83.5 Å². The van der Waals surface area contributed by atoms with Crippen molar-refractivity contribution in [2.45, 2.75) is 193 Å². The molecule has 51 heavy (non-hydrogen) atoms. The van der Waals surface area contributed by atoms with Gasteiger partial charge in [0.15, 0.2) is 6.10 Å². The van der Waals surface area contributed by atoms with Gasteiger partial charge in [0.2, 0.25) is 0 Å². The summed E-state index contributed by atoms with van der Waals surface area (Å²) >= 11 is 0. The fourth-order valence-electron chi connectivity index (χ4n) is 5.62. The van der Waals surface area contributed by atoms with Gasteiger partial charge in [-0.3, -0.25) is 9.59 Å². The minimum absolute atomic E-state index is 0.0689. The van der Waals surface area contributed by atoms with Gasteiger partial charge >= 0.3 is 11.9 Å². The molecule has 5 nitrogen and oxygen atoms in total. The average molecular weight is 711 g/mol. The Kier molecular flexibility index (Phi) is 39.6. The van der Waals surface area contributed by atoms with Crippen molar-refractivity contribution in [3.05, 3.63) is 72.9 Å². The fraction of sp³-hybridized carbons (Fsp3) is 0.696. The zero-order valence-corrected chi connectivity index (χ0v) is 33.1. The van der Waals surface area contributed by atoms with Crippen LogP contribution in [0.3, 0.4) is 0 Å². The standard InChI is InChI=1S/C46H78O5/c1-3-5-7-9-11-13-14-15-16-17-18-19-20-21-22-23-24-25-26-27-28-29-30-31-32-33-35-37-39-41-46(49)51-44(42-47)43-50-45(48)40-38-36-34-12-10-8-6-4-2/h5,7,11,13,15-16,18-19,21-22,24-25,44,47H,3-4,6,8-10,12,14,17,20,23,26-43H2,1-2H3/b7-5-,13-11-,16-15-,19-18-,22-21-,25-24-. The molecule has 0 aliphatic carbocycles. The zero-order chi connectivity index (χ0) is 37.1. The van der Waals surface area contributed by atoms with E-state index in [0.717, 1.165) is 77.0 Å². The van der Waals surface area contributed by atoms with E-state index in [0.29, 0.717) is 12.8 Å². The van der Waals surface area contributed by atoms with Crippen LogP contribution in [-0.4, -0.2) is 36.4 Å². The topological polar surface area (TPSA) is 72.8 Å². The number of esters is 2. The Morgan fingerprint density at radius 3 is 1.27 bits per heavy atom. The molecule has 0 spiro atoms. The van der Waals surface area contributed by atoms with Gasteiger partial charge in [0.1, 0.15) is 6.61 Å². The van der Waals surface area contributed by atoms with Crippen LogP contribution in [0.15, 0.2) is 72.9 Å². The number of ether oxygens (including phenoxy) is 2. The Bertz CT molecular complexity index is 941.